The third kappa shape index (κ3) is 2.49. The zero-order valence-electron chi connectivity index (χ0n) is 8.19. The molecule has 1 aromatic heterocycles. The van der Waals surface area contributed by atoms with E-state index in [9.17, 15) is 0 Å². The summed E-state index contributed by atoms with van der Waals surface area (Å²) in [6.07, 6.45) is 5.09. The van der Waals surface area contributed by atoms with Gasteiger partial charge in [-0.3, -0.25) is 0 Å². The molecule has 0 radical (unpaired) electrons. The molecule has 1 aromatic rings. The van der Waals surface area contributed by atoms with E-state index in [0.29, 0.717) is 12.1 Å². The monoisotopic (exact) mass is 192 g/mol. The molecular weight excluding hydrogens is 176 g/mol. The molecule has 4 nitrogen and oxygen atoms in total. The lowest BCUT2D eigenvalue weighted by molar-refractivity contribution is 0.510. The summed E-state index contributed by atoms with van der Waals surface area (Å²) >= 11 is 0. The van der Waals surface area contributed by atoms with Gasteiger partial charge in [-0.1, -0.05) is 0 Å². The van der Waals surface area contributed by atoms with Crippen molar-refractivity contribution in [3.63, 3.8) is 0 Å². The van der Waals surface area contributed by atoms with Crippen molar-refractivity contribution in [3.8, 4) is 0 Å². The molecule has 4 heteroatoms. The number of rotatable bonds is 3. The average molecular weight is 192 g/mol. The van der Waals surface area contributed by atoms with E-state index in [4.69, 9.17) is 5.73 Å². The maximum atomic E-state index is 5.83. The van der Waals surface area contributed by atoms with Gasteiger partial charge in [0.2, 0.25) is 0 Å². The third-order valence-corrected chi connectivity index (χ3v) is 2.67. The van der Waals surface area contributed by atoms with Gasteiger partial charge in [0, 0.05) is 24.8 Å². The van der Waals surface area contributed by atoms with E-state index < -0.39 is 0 Å². The summed E-state index contributed by atoms with van der Waals surface area (Å²) in [5.41, 5.74) is 6.82. The lowest BCUT2D eigenvalue weighted by Gasteiger charge is -2.10. The standard InChI is InChI=1S/C10H16N4/c11-8-3-4-9(6-8)12-7-10-2-1-5-13-14-10/h1-2,5,8-9,12H,3-4,6-7,11H2. The zero-order chi connectivity index (χ0) is 9.80. The molecular formula is C10H16N4. The van der Waals surface area contributed by atoms with Gasteiger partial charge in [0.05, 0.1) is 5.69 Å². The van der Waals surface area contributed by atoms with E-state index in [1.165, 1.54) is 6.42 Å². The first-order chi connectivity index (χ1) is 6.84. The number of nitrogens with two attached hydrogens (primary N) is 1. The molecule has 2 unspecified atom stereocenters. The molecule has 1 heterocycles. The van der Waals surface area contributed by atoms with Crippen LogP contribution in [-0.2, 0) is 6.54 Å². The zero-order valence-corrected chi connectivity index (χ0v) is 8.19. The van der Waals surface area contributed by atoms with Crippen molar-refractivity contribution in [2.45, 2.75) is 37.9 Å². The highest BCUT2D eigenvalue weighted by molar-refractivity contribution is 4.99. The average Bonchev–Trinajstić information content (AvgIpc) is 2.63. The van der Waals surface area contributed by atoms with Gasteiger partial charge in [-0.15, -0.1) is 0 Å². The fourth-order valence-corrected chi connectivity index (χ4v) is 1.88. The largest absolute Gasteiger partial charge is 0.328 e. The van der Waals surface area contributed by atoms with E-state index in [1.807, 2.05) is 12.1 Å². The molecule has 0 aliphatic heterocycles. The fourth-order valence-electron chi connectivity index (χ4n) is 1.88. The lowest BCUT2D eigenvalue weighted by Crippen LogP contribution is -2.28. The van der Waals surface area contributed by atoms with Crippen LogP contribution in [0.25, 0.3) is 0 Å². The van der Waals surface area contributed by atoms with Gasteiger partial charge >= 0.3 is 0 Å². The highest BCUT2D eigenvalue weighted by atomic mass is 15.1. The van der Waals surface area contributed by atoms with Gasteiger partial charge in [0.1, 0.15) is 0 Å². The van der Waals surface area contributed by atoms with Crippen molar-refractivity contribution in [2.75, 3.05) is 0 Å². The number of aromatic nitrogens is 2. The second-order valence-corrected chi connectivity index (χ2v) is 3.87. The smallest absolute Gasteiger partial charge is 0.0769 e. The predicted molar refractivity (Wildman–Crippen MR) is 54.5 cm³/mol. The van der Waals surface area contributed by atoms with E-state index in [-0.39, 0.29) is 0 Å². The minimum atomic E-state index is 0.384. The molecule has 0 bridgehead atoms. The lowest BCUT2D eigenvalue weighted by atomic mass is 10.2. The van der Waals surface area contributed by atoms with Gasteiger partial charge in [-0.05, 0) is 31.4 Å². The predicted octanol–water partition coefficient (Wildman–Crippen LogP) is 0.446. The van der Waals surface area contributed by atoms with Crippen molar-refractivity contribution in [1.82, 2.24) is 15.5 Å². The minimum Gasteiger partial charge on any atom is -0.328 e. The number of nitrogens with one attached hydrogen (secondary N) is 1. The van der Waals surface area contributed by atoms with E-state index >= 15 is 0 Å². The molecule has 1 aliphatic rings. The SMILES string of the molecule is NC1CCC(NCc2cccnn2)C1. The van der Waals surface area contributed by atoms with Crippen LogP contribution in [0.3, 0.4) is 0 Å². The molecule has 0 aromatic carbocycles. The molecule has 1 saturated carbocycles. The summed E-state index contributed by atoms with van der Waals surface area (Å²) < 4.78 is 0. The number of hydrogen-bond donors (Lipinski definition) is 2. The molecule has 76 valence electrons. The topological polar surface area (TPSA) is 63.8 Å². The second-order valence-electron chi connectivity index (χ2n) is 3.87. The quantitative estimate of drug-likeness (QED) is 0.729. The van der Waals surface area contributed by atoms with Crippen LogP contribution in [0.4, 0.5) is 0 Å². The summed E-state index contributed by atoms with van der Waals surface area (Å²) in [5, 5.41) is 11.3. The first kappa shape index (κ1) is 9.55. The first-order valence-electron chi connectivity index (χ1n) is 5.10. The summed E-state index contributed by atoms with van der Waals surface area (Å²) in [5.74, 6) is 0. The van der Waals surface area contributed by atoms with E-state index in [0.717, 1.165) is 25.1 Å². The molecule has 1 fully saturated rings. The van der Waals surface area contributed by atoms with E-state index in [2.05, 4.69) is 15.5 Å². The Morgan fingerprint density at radius 2 is 2.43 bits per heavy atom. The van der Waals surface area contributed by atoms with Gasteiger partial charge in [-0.25, -0.2) is 0 Å². The Morgan fingerprint density at radius 1 is 1.50 bits per heavy atom. The Labute approximate surface area is 83.9 Å². The van der Waals surface area contributed by atoms with Crippen molar-refractivity contribution in [1.29, 1.82) is 0 Å². The Balaban J connectivity index is 1.78. The van der Waals surface area contributed by atoms with Crippen molar-refractivity contribution < 1.29 is 0 Å². The first-order valence-corrected chi connectivity index (χ1v) is 5.10. The van der Waals surface area contributed by atoms with Gasteiger partial charge in [-0.2, -0.15) is 10.2 Å². The summed E-state index contributed by atoms with van der Waals surface area (Å²) in [6, 6.07) is 4.83. The maximum Gasteiger partial charge on any atom is 0.0769 e. The molecule has 2 rings (SSSR count). The highest BCUT2D eigenvalue weighted by Gasteiger charge is 2.20. The normalized spacial score (nSPS) is 26.6. The van der Waals surface area contributed by atoms with Crippen LogP contribution in [0.5, 0.6) is 0 Å². The fraction of sp³-hybridized carbons (Fsp3) is 0.600. The molecule has 14 heavy (non-hydrogen) atoms. The molecule has 0 amide bonds. The van der Waals surface area contributed by atoms with E-state index in [1.54, 1.807) is 6.20 Å². The summed E-state index contributed by atoms with van der Waals surface area (Å²) in [4.78, 5) is 0. The van der Waals surface area contributed by atoms with Crippen LogP contribution in [0.1, 0.15) is 25.0 Å². The number of nitrogens with zero attached hydrogens (tertiary/aromatic N) is 2. The Morgan fingerprint density at radius 3 is 3.07 bits per heavy atom. The second kappa shape index (κ2) is 4.48. The molecule has 2 atom stereocenters. The van der Waals surface area contributed by atoms with Gasteiger partial charge in [0.25, 0.3) is 0 Å². The summed E-state index contributed by atoms with van der Waals surface area (Å²) in [6.45, 7) is 0.797. The molecule has 0 saturated heterocycles. The van der Waals surface area contributed by atoms with Gasteiger partial charge in [0.15, 0.2) is 0 Å². The van der Waals surface area contributed by atoms with Crippen LogP contribution in [-0.4, -0.2) is 22.3 Å². The number of hydrogen-bond acceptors (Lipinski definition) is 4. The van der Waals surface area contributed by atoms with Gasteiger partial charge < -0.3 is 11.1 Å². The Hall–Kier alpha value is -1.00. The highest BCUT2D eigenvalue weighted by Crippen LogP contribution is 2.17. The van der Waals surface area contributed by atoms with Crippen molar-refractivity contribution in [3.05, 3.63) is 24.0 Å². The van der Waals surface area contributed by atoms with Crippen LogP contribution < -0.4 is 11.1 Å². The Bertz CT molecular complexity index is 275. The maximum absolute atomic E-state index is 5.83. The van der Waals surface area contributed by atoms with Crippen LogP contribution in [0.2, 0.25) is 0 Å². The third-order valence-electron chi connectivity index (χ3n) is 2.67. The summed E-state index contributed by atoms with van der Waals surface area (Å²) in [7, 11) is 0. The van der Waals surface area contributed by atoms with Crippen molar-refractivity contribution >= 4 is 0 Å². The minimum absolute atomic E-state index is 0.384. The molecule has 3 N–H and O–H groups in total. The van der Waals surface area contributed by atoms with Crippen molar-refractivity contribution in [2.24, 2.45) is 5.73 Å². The Kier molecular flexibility index (Phi) is 3.06. The van der Waals surface area contributed by atoms with Crippen LogP contribution >= 0.6 is 0 Å². The molecule has 0 spiro atoms. The molecule has 1 aliphatic carbocycles. The van der Waals surface area contributed by atoms with Crippen LogP contribution in [0, 0.1) is 0 Å². The van der Waals surface area contributed by atoms with Crippen LogP contribution in [0.15, 0.2) is 18.3 Å².